The molecule has 0 aliphatic carbocycles. The highest BCUT2D eigenvalue weighted by molar-refractivity contribution is 7.90. The lowest BCUT2D eigenvalue weighted by atomic mass is 9.91. The van der Waals surface area contributed by atoms with Crippen LogP contribution in [0.15, 0.2) is 29.2 Å². The molecular weight excluding hydrogens is 388 g/mol. The van der Waals surface area contributed by atoms with Gasteiger partial charge >= 0.3 is 0 Å². The molecule has 154 valence electrons. The van der Waals surface area contributed by atoms with Crippen LogP contribution in [0.25, 0.3) is 0 Å². The average Bonchev–Trinajstić information content (AvgIpc) is 2.61. The number of amides is 1. The fourth-order valence-electron chi connectivity index (χ4n) is 3.18. The van der Waals surface area contributed by atoms with Gasteiger partial charge in [0.25, 0.3) is 0 Å². The van der Waals surface area contributed by atoms with E-state index in [0.29, 0.717) is 24.7 Å². The lowest BCUT2D eigenvalue weighted by Gasteiger charge is -2.33. The van der Waals surface area contributed by atoms with Crippen LogP contribution in [0.4, 0.5) is 0 Å². The molecule has 1 aromatic rings. The fourth-order valence-corrected chi connectivity index (χ4v) is 3.81. The van der Waals surface area contributed by atoms with E-state index < -0.39 is 9.84 Å². The van der Waals surface area contributed by atoms with E-state index >= 15 is 0 Å². The van der Waals surface area contributed by atoms with E-state index in [4.69, 9.17) is 10.5 Å². The summed E-state index contributed by atoms with van der Waals surface area (Å²) in [7, 11) is -3.18. The van der Waals surface area contributed by atoms with Gasteiger partial charge in [-0.25, -0.2) is 8.42 Å². The fraction of sp³-hybridized carbons (Fsp3) is 0.632. The van der Waals surface area contributed by atoms with Crippen molar-refractivity contribution in [3.8, 4) is 5.75 Å². The molecule has 0 bridgehead atoms. The van der Waals surface area contributed by atoms with Gasteiger partial charge in [-0.05, 0) is 62.8 Å². The average molecular weight is 419 g/mol. The number of ether oxygens (including phenoxy) is 1. The SMILES string of the molecule is CC(N)C1CCN(C(=O)CCCCOc2ccc(S(C)(=O)=O)cc2)CC1.Cl. The molecule has 0 aromatic heterocycles. The molecule has 0 spiro atoms. The Kier molecular flexibility index (Phi) is 9.56. The third kappa shape index (κ3) is 7.68. The van der Waals surface area contributed by atoms with Gasteiger partial charge in [0, 0.05) is 31.8 Å². The van der Waals surface area contributed by atoms with E-state index in [1.807, 2.05) is 11.8 Å². The summed E-state index contributed by atoms with van der Waals surface area (Å²) in [6, 6.07) is 6.60. The Morgan fingerprint density at radius 3 is 2.33 bits per heavy atom. The monoisotopic (exact) mass is 418 g/mol. The minimum Gasteiger partial charge on any atom is -0.494 e. The largest absolute Gasteiger partial charge is 0.494 e. The van der Waals surface area contributed by atoms with Gasteiger partial charge in [-0.2, -0.15) is 0 Å². The molecule has 1 amide bonds. The summed E-state index contributed by atoms with van der Waals surface area (Å²) in [5.74, 6) is 1.38. The number of nitrogens with zero attached hydrogens (tertiary/aromatic N) is 1. The quantitative estimate of drug-likeness (QED) is 0.655. The summed E-state index contributed by atoms with van der Waals surface area (Å²) in [6.07, 6.45) is 5.29. The molecular formula is C19H31ClN2O4S. The Morgan fingerprint density at radius 2 is 1.81 bits per heavy atom. The lowest BCUT2D eigenvalue weighted by Crippen LogP contribution is -2.42. The zero-order chi connectivity index (χ0) is 19.2. The standard InChI is InChI=1S/C19H30N2O4S.ClH/c1-15(20)16-10-12-21(13-11-16)19(22)5-3-4-14-25-17-6-8-18(9-7-17)26(2,23)24;/h6-9,15-16H,3-5,10-14,20H2,1-2H3;1H. The Balaban J connectivity index is 0.00000364. The summed E-state index contributed by atoms with van der Waals surface area (Å²) in [5.41, 5.74) is 5.93. The normalized spacial score (nSPS) is 16.5. The zero-order valence-corrected chi connectivity index (χ0v) is 17.7. The van der Waals surface area contributed by atoms with Crippen LogP contribution in [-0.2, 0) is 14.6 Å². The first-order valence-corrected chi connectivity index (χ1v) is 11.1. The highest BCUT2D eigenvalue weighted by Gasteiger charge is 2.24. The Bertz CT molecular complexity index is 684. The molecule has 1 aromatic carbocycles. The lowest BCUT2D eigenvalue weighted by molar-refractivity contribution is -0.132. The van der Waals surface area contributed by atoms with E-state index in [1.165, 1.54) is 6.26 Å². The van der Waals surface area contributed by atoms with Crippen molar-refractivity contribution in [3.63, 3.8) is 0 Å². The number of unbranched alkanes of at least 4 members (excludes halogenated alkanes) is 1. The van der Waals surface area contributed by atoms with Gasteiger partial charge in [0.2, 0.25) is 5.91 Å². The number of likely N-dealkylation sites (tertiary alicyclic amines) is 1. The van der Waals surface area contributed by atoms with Gasteiger partial charge in [0.1, 0.15) is 5.75 Å². The number of carbonyl (C=O) groups excluding carboxylic acids is 1. The summed E-state index contributed by atoms with van der Waals surface area (Å²) in [5, 5.41) is 0. The molecule has 2 N–H and O–H groups in total. The third-order valence-corrected chi connectivity index (χ3v) is 6.07. The van der Waals surface area contributed by atoms with Crippen LogP contribution in [0.1, 0.15) is 39.0 Å². The molecule has 2 rings (SSSR count). The van der Waals surface area contributed by atoms with Crippen molar-refractivity contribution in [1.29, 1.82) is 0 Å². The summed E-state index contributed by atoms with van der Waals surface area (Å²) < 4.78 is 28.4. The smallest absolute Gasteiger partial charge is 0.222 e. The number of halogens is 1. The zero-order valence-electron chi connectivity index (χ0n) is 16.1. The Labute approximate surface area is 168 Å². The minimum atomic E-state index is -3.18. The number of sulfone groups is 1. The maximum absolute atomic E-state index is 12.2. The summed E-state index contributed by atoms with van der Waals surface area (Å²) >= 11 is 0. The van der Waals surface area contributed by atoms with E-state index in [-0.39, 0.29) is 29.3 Å². The number of carbonyl (C=O) groups is 1. The molecule has 1 aliphatic heterocycles. The van der Waals surface area contributed by atoms with Gasteiger partial charge in [-0.1, -0.05) is 0 Å². The molecule has 1 atom stereocenters. The van der Waals surface area contributed by atoms with Crippen LogP contribution >= 0.6 is 12.4 Å². The van der Waals surface area contributed by atoms with Crippen molar-refractivity contribution in [1.82, 2.24) is 4.90 Å². The molecule has 6 nitrogen and oxygen atoms in total. The molecule has 1 fully saturated rings. The van der Waals surface area contributed by atoms with Crippen molar-refractivity contribution in [2.24, 2.45) is 11.7 Å². The van der Waals surface area contributed by atoms with Gasteiger partial charge < -0.3 is 15.4 Å². The number of piperidine rings is 1. The molecule has 1 aliphatic rings. The first kappa shape index (κ1) is 23.7. The van der Waals surface area contributed by atoms with Crippen LogP contribution in [-0.4, -0.2) is 51.2 Å². The summed E-state index contributed by atoms with van der Waals surface area (Å²) in [6.45, 7) is 4.18. The number of rotatable bonds is 8. The van der Waals surface area contributed by atoms with Crippen LogP contribution in [0.5, 0.6) is 5.75 Å². The number of benzene rings is 1. The van der Waals surface area contributed by atoms with E-state index in [2.05, 4.69) is 0 Å². The summed E-state index contributed by atoms with van der Waals surface area (Å²) in [4.78, 5) is 14.5. The molecule has 1 saturated heterocycles. The van der Waals surface area contributed by atoms with Crippen LogP contribution in [0.3, 0.4) is 0 Å². The second-order valence-electron chi connectivity index (χ2n) is 7.13. The molecule has 0 radical (unpaired) electrons. The van der Waals surface area contributed by atoms with E-state index in [9.17, 15) is 13.2 Å². The predicted octanol–water partition coefficient (Wildman–Crippen LogP) is 2.65. The molecule has 27 heavy (non-hydrogen) atoms. The van der Waals surface area contributed by atoms with Crippen molar-refractivity contribution < 1.29 is 17.9 Å². The molecule has 1 unspecified atom stereocenters. The third-order valence-electron chi connectivity index (χ3n) is 4.94. The first-order chi connectivity index (χ1) is 12.3. The second kappa shape index (κ2) is 10.9. The van der Waals surface area contributed by atoms with Crippen LogP contribution in [0.2, 0.25) is 0 Å². The topological polar surface area (TPSA) is 89.7 Å². The van der Waals surface area contributed by atoms with Crippen molar-refractivity contribution in [2.75, 3.05) is 26.0 Å². The maximum Gasteiger partial charge on any atom is 0.222 e. The molecule has 8 heteroatoms. The predicted molar refractivity (Wildman–Crippen MR) is 109 cm³/mol. The second-order valence-corrected chi connectivity index (χ2v) is 9.14. The Hall–Kier alpha value is -1.31. The van der Waals surface area contributed by atoms with Gasteiger partial charge in [0.15, 0.2) is 9.84 Å². The first-order valence-electron chi connectivity index (χ1n) is 9.23. The number of nitrogens with two attached hydrogens (primary N) is 1. The number of hydrogen-bond donors (Lipinski definition) is 1. The molecule has 0 saturated carbocycles. The highest BCUT2D eigenvalue weighted by Crippen LogP contribution is 2.20. The maximum atomic E-state index is 12.2. The van der Waals surface area contributed by atoms with Crippen molar-refractivity contribution in [3.05, 3.63) is 24.3 Å². The molecule has 1 heterocycles. The minimum absolute atomic E-state index is 0. The van der Waals surface area contributed by atoms with Crippen LogP contribution < -0.4 is 10.5 Å². The van der Waals surface area contributed by atoms with E-state index in [0.717, 1.165) is 38.8 Å². The van der Waals surface area contributed by atoms with Crippen molar-refractivity contribution in [2.45, 2.75) is 50.0 Å². The van der Waals surface area contributed by atoms with E-state index in [1.54, 1.807) is 24.3 Å². The Morgan fingerprint density at radius 1 is 1.22 bits per heavy atom. The van der Waals surface area contributed by atoms with Gasteiger partial charge in [0.05, 0.1) is 11.5 Å². The van der Waals surface area contributed by atoms with Crippen LogP contribution in [0, 0.1) is 5.92 Å². The van der Waals surface area contributed by atoms with Gasteiger partial charge in [-0.15, -0.1) is 12.4 Å². The van der Waals surface area contributed by atoms with Gasteiger partial charge in [-0.3, -0.25) is 4.79 Å². The highest BCUT2D eigenvalue weighted by atomic mass is 35.5. The van der Waals surface area contributed by atoms with Crippen molar-refractivity contribution >= 4 is 28.2 Å². The number of hydrogen-bond acceptors (Lipinski definition) is 5.